The first-order chi connectivity index (χ1) is 11.5. The number of aliphatic hydroxyl groups excluding tert-OH is 1. The highest BCUT2D eigenvalue weighted by molar-refractivity contribution is 6.60. The maximum atomic E-state index is 11.6. The average Bonchev–Trinajstić information content (AvgIpc) is 2.60. The predicted molar refractivity (Wildman–Crippen MR) is 87.4 cm³/mol. The van der Waals surface area contributed by atoms with Gasteiger partial charge in [0.05, 0.1) is 13.2 Å². The second kappa shape index (κ2) is 13.1. The third kappa shape index (κ3) is 8.59. The molecule has 0 rings (SSSR count). The third-order valence-electron chi connectivity index (χ3n) is 3.28. The van der Waals surface area contributed by atoms with Crippen molar-refractivity contribution in [3.8, 4) is 0 Å². The van der Waals surface area contributed by atoms with Gasteiger partial charge < -0.3 is 33.2 Å². The Morgan fingerprint density at radius 1 is 1.12 bits per heavy atom. The van der Waals surface area contributed by atoms with Gasteiger partial charge in [-0.2, -0.15) is 0 Å². The zero-order valence-electron chi connectivity index (χ0n) is 14.8. The zero-order valence-corrected chi connectivity index (χ0v) is 15.8. The minimum absolute atomic E-state index is 0.231. The molecule has 142 valence electrons. The van der Waals surface area contributed by atoms with E-state index in [1.165, 1.54) is 21.3 Å². The number of carbonyl (C=O) groups excluding carboxylic acids is 2. The van der Waals surface area contributed by atoms with Gasteiger partial charge in [0, 0.05) is 33.9 Å². The number of amides is 1. The van der Waals surface area contributed by atoms with Gasteiger partial charge in [-0.25, -0.2) is 9.59 Å². The third-order valence-corrected chi connectivity index (χ3v) is 6.11. The molecule has 0 spiro atoms. The molecule has 1 amide bonds. The summed E-state index contributed by atoms with van der Waals surface area (Å²) in [4.78, 5) is 23.3. The summed E-state index contributed by atoms with van der Waals surface area (Å²) in [5.74, 6) is -0.759. The molecule has 0 heterocycles. The molecule has 1 atom stereocenters. The first-order valence-electron chi connectivity index (χ1n) is 7.86. The molecule has 0 aliphatic rings. The molecule has 0 aromatic carbocycles. The van der Waals surface area contributed by atoms with Gasteiger partial charge in [0.1, 0.15) is 0 Å². The van der Waals surface area contributed by atoms with Crippen LogP contribution in [0.2, 0.25) is 6.04 Å². The van der Waals surface area contributed by atoms with Crippen LogP contribution in [-0.2, 0) is 27.5 Å². The smallest absolute Gasteiger partial charge is 0.463 e. The van der Waals surface area contributed by atoms with Crippen LogP contribution < -0.4 is 5.32 Å². The van der Waals surface area contributed by atoms with Gasteiger partial charge in [-0.15, -0.1) is 0 Å². The van der Waals surface area contributed by atoms with Crippen molar-refractivity contribution < 1.29 is 37.4 Å². The topological polar surface area (TPSA) is 113 Å². The van der Waals surface area contributed by atoms with Crippen molar-refractivity contribution in [2.75, 3.05) is 41.1 Å². The van der Waals surface area contributed by atoms with Crippen molar-refractivity contribution in [3.05, 3.63) is 0 Å². The minimum Gasteiger partial charge on any atom is -0.463 e. The van der Waals surface area contributed by atoms with E-state index in [0.717, 1.165) is 6.42 Å². The number of carbonyl (C=O) groups is 2. The van der Waals surface area contributed by atoms with E-state index in [4.69, 9.17) is 27.9 Å². The summed E-state index contributed by atoms with van der Waals surface area (Å²) in [7, 11) is 1.86. The molecule has 10 heteroatoms. The van der Waals surface area contributed by atoms with Crippen molar-refractivity contribution in [2.45, 2.75) is 38.3 Å². The number of esters is 1. The Labute approximate surface area is 143 Å². The lowest BCUT2D eigenvalue weighted by Crippen LogP contribution is -2.43. The largest absolute Gasteiger partial charge is 0.500 e. The maximum absolute atomic E-state index is 11.6. The quantitative estimate of drug-likeness (QED) is 0.278. The predicted octanol–water partition coefficient (Wildman–Crippen LogP) is 0.685. The number of alkyl carbamates (subject to hydrolysis) is 1. The summed E-state index contributed by atoms with van der Waals surface area (Å²) in [6.07, 6.45) is -0.0108. The van der Waals surface area contributed by atoms with Crippen LogP contribution in [0.4, 0.5) is 4.79 Å². The van der Waals surface area contributed by atoms with Crippen LogP contribution in [-0.4, -0.2) is 73.2 Å². The lowest BCUT2D eigenvalue weighted by molar-refractivity contribution is -0.155. The fraction of sp³-hybridized carbons (Fsp3) is 0.857. The number of hydrogen-bond donors (Lipinski definition) is 2. The van der Waals surface area contributed by atoms with Crippen molar-refractivity contribution in [3.63, 3.8) is 0 Å². The van der Waals surface area contributed by atoms with Gasteiger partial charge in [0.25, 0.3) is 0 Å². The standard InChI is InChI=1S/C14H29NO8Si/c1-5-6-9-22-13(17)12(11-16)23-14(18)15-8-7-10-24(19-2,20-3)21-4/h12,16H,5-11H2,1-4H3,(H,15,18). The summed E-state index contributed by atoms with van der Waals surface area (Å²) in [5, 5.41) is 11.6. The molecule has 9 nitrogen and oxygen atoms in total. The van der Waals surface area contributed by atoms with E-state index in [2.05, 4.69) is 5.32 Å². The number of unbranched alkanes of at least 4 members (excludes halogenated alkanes) is 1. The molecule has 0 radical (unpaired) electrons. The van der Waals surface area contributed by atoms with Crippen LogP contribution in [0, 0.1) is 0 Å². The van der Waals surface area contributed by atoms with E-state index in [1.807, 2.05) is 6.92 Å². The molecule has 1 unspecified atom stereocenters. The van der Waals surface area contributed by atoms with Crippen LogP contribution in [0.5, 0.6) is 0 Å². The highest BCUT2D eigenvalue weighted by Gasteiger charge is 2.36. The maximum Gasteiger partial charge on any atom is 0.500 e. The van der Waals surface area contributed by atoms with E-state index < -0.39 is 33.6 Å². The molecule has 0 aromatic heterocycles. The SMILES string of the molecule is CCCCOC(=O)C(CO)OC(=O)NCCC[Si](OC)(OC)OC. The Balaban J connectivity index is 4.12. The molecule has 0 fully saturated rings. The van der Waals surface area contributed by atoms with Crippen molar-refractivity contribution in [2.24, 2.45) is 0 Å². The van der Waals surface area contributed by atoms with Gasteiger partial charge in [-0.05, 0) is 12.8 Å². The number of nitrogens with one attached hydrogen (secondary N) is 1. The highest BCUT2D eigenvalue weighted by atomic mass is 28.4. The van der Waals surface area contributed by atoms with Gasteiger partial charge in [-0.3, -0.25) is 0 Å². The van der Waals surface area contributed by atoms with Gasteiger partial charge in [0.2, 0.25) is 6.10 Å². The Morgan fingerprint density at radius 2 is 1.75 bits per heavy atom. The molecule has 0 bridgehead atoms. The molecule has 0 saturated heterocycles. The van der Waals surface area contributed by atoms with Crippen LogP contribution in [0.25, 0.3) is 0 Å². The summed E-state index contributed by atoms with van der Waals surface area (Å²) < 4.78 is 25.5. The van der Waals surface area contributed by atoms with Crippen LogP contribution >= 0.6 is 0 Å². The molecule has 0 aromatic rings. The molecular formula is C14H29NO8Si. The first kappa shape index (κ1) is 22.8. The fourth-order valence-corrected chi connectivity index (χ4v) is 3.51. The van der Waals surface area contributed by atoms with Crippen molar-refractivity contribution >= 4 is 20.9 Å². The normalized spacial score (nSPS) is 12.5. The molecule has 0 saturated carbocycles. The Kier molecular flexibility index (Phi) is 12.5. The van der Waals surface area contributed by atoms with Crippen molar-refractivity contribution in [1.29, 1.82) is 0 Å². The summed E-state index contributed by atoms with van der Waals surface area (Å²) in [6, 6.07) is 0.513. The molecule has 24 heavy (non-hydrogen) atoms. The summed E-state index contributed by atoms with van der Waals surface area (Å²) >= 11 is 0. The Morgan fingerprint density at radius 3 is 2.25 bits per heavy atom. The molecule has 0 aliphatic carbocycles. The van der Waals surface area contributed by atoms with Gasteiger partial charge >= 0.3 is 20.9 Å². The Hall–Kier alpha value is -1.20. The average molecular weight is 367 g/mol. The lowest BCUT2D eigenvalue weighted by atomic mass is 10.3. The van der Waals surface area contributed by atoms with Crippen LogP contribution in [0.15, 0.2) is 0 Å². The highest BCUT2D eigenvalue weighted by Crippen LogP contribution is 2.14. The number of ether oxygens (including phenoxy) is 2. The monoisotopic (exact) mass is 367 g/mol. The lowest BCUT2D eigenvalue weighted by Gasteiger charge is -2.24. The second-order valence-electron chi connectivity index (χ2n) is 4.92. The number of rotatable bonds is 13. The first-order valence-corrected chi connectivity index (χ1v) is 9.79. The van der Waals surface area contributed by atoms with E-state index >= 15 is 0 Å². The number of hydrogen-bond acceptors (Lipinski definition) is 8. The van der Waals surface area contributed by atoms with Gasteiger partial charge in [0.15, 0.2) is 0 Å². The van der Waals surface area contributed by atoms with E-state index in [1.54, 1.807) is 0 Å². The molecule has 0 aliphatic heterocycles. The van der Waals surface area contributed by atoms with Crippen LogP contribution in [0.1, 0.15) is 26.2 Å². The van der Waals surface area contributed by atoms with Crippen LogP contribution in [0.3, 0.4) is 0 Å². The summed E-state index contributed by atoms with van der Waals surface area (Å²) in [6.45, 7) is 1.84. The van der Waals surface area contributed by atoms with E-state index in [0.29, 0.717) is 18.9 Å². The zero-order chi connectivity index (χ0) is 18.4. The van der Waals surface area contributed by atoms with E-state index in [-0.39, 0.29) is 13.2 Å². The van der Waals surface area contributed by atoms with Gasteiger partial charge in [-0.1, -0.05) is 13.3 Å². The van der Waals surface area contributed by atoms with E-state index in [9.17, 15) is 9.59 Å². The Bertz CT molecular complexity index is 356. The van der Waals surface area contributed by atoms with Crippen molar-refractivity contribution in [1.82, 2.24) is 5.32 Å². The summed E-state index contributed by atoms with van der Waals surface area (Å²) in [5.41, 5.74) is 0. The second-order valence-corrected chi connectivity index (χ2v) is 8.01. The number of aliphatic hydroxyl groups is 1. The molecular weight excluding hydrogens is 338 g/mol. The fourth-order valence-electron chi connectivity index (χ4n) is 1.79. The molecule has 2 N–H and O–H groups in total. The minimum atomic E-state index is -2.67.